The van der Waals surface area contributed by atoms with Crippen LogP contribution in [0.2, 0.25) is 0 Å². The molecule has 1 N–H and O–H groups in total. The van der Waals surface area contributed by atoms with Gasteiger partial charge in [-0.1, -0.05) is 32.1 Å². The van der Waals surface area contributed by atoms with E-state index in [4.69, 9.17) is 0 Å². The molecule has 0 aliphatic rings. The summed E-state index contributed by atoms with van der Waals surface area (Å²) in [5.41, 5.74) is 0.282. The third-order valence-corrected chi connectivity index (χ3v) is 3.99. The molecule has 0 fully saturated rings. The summed E-state index contributed by atoms with van der Waals surface area (Å²) in [6.45, 7) is 13.9. The predicted octanol–water partition coefficient (Wildman–Crippen LogP) is 3.11. The lowest BCUT2D eigenvalue weighted by Gasteiger charge is -2.19. The van der Waals surface area contributed by atoms with Gasteiger partial charge in [0.25, 0.3) is 0 Å². The van der Waals surface area contributed by atoms with Crippen molar-refractivity contribution in [2.75, 3.05) is 0 Å². The Balaban J connectivity index is 2.66. The van der Waals surface area contributed by atoms with Crippen LogP contribution in [0.25, 0.3) is 0 Å². The Morgan fingerprint density at radius 2 is 1.75 bits per heavy atom. The molecule has 4 heteroatoms. The third-order valence-electron chi connectivity index (χ3n) is 2.70. The second-order valence-electron chi connectivity index (χ2n) is 5.84. The van der Waals surface area contributed by atoms with Crippen molar-refractivity contribution in [2.24, 2.45) is 0 Å². The first-order valence-electron chi connectivity index (χ1n) is 5.82. The van der Waals surface area contributed by atoms with Crippen molar-refractivity contribution in [1.82, 2.24) is 15.5 Å². The molecule has 0 atom stereocenters. The molecule has 1 heterocycles. The van der Waals surface area contributed by atoms with Gasteiger partial charge in [0.05, 0.1) is 6.54 Å². The summed E-state index contributed by atoms with van der Waals surface area (Å²) < 4.78 is 0. The molecule has 0 unspecified atom stereocenters. The van der Waals surface area contributed by atoms with Crippen LogP contribution in [-0.2, 0) is 12.0 Å². The van der Waals surface area contributed by atoms with Gasteiger partial charge in [-0.05, 0) is 27.2 Å². The number of hydrogen-bond acceptors (Lipinski definition) is 4. The quantitative estimate of drug-likeness (QED) is 0.880. The van der Waals surface area contributed by atoms with Crippen LogP contribution in [-0.4, -0.2) is 15.7 Å². The Bertz CT molecular complexity index is 336. The van der Waals surface area contributed by atoms with Crippen LogP contribution in [0.15, 0.2) is 0 Å². The maximum atomic E-state index is 4.29. The fourth-order valence-corrected chi connectivity index (χ4v) is 2.04. The SMILES string of the molecule is CCC(C)(C)c1nnc(CNC(C)(C)C)s1. The first kappa shape index (κ1) is 13.6. The molecule has 0 amide bonds. The van der Waals surface area contributed by atoms with E-state index >= 15 is 0 Å². The molecule has 0 radical (unpaired) electrons. The van der Waals surface area contributed by atoms with E-state index in [9.17, 15) is 0 Å². The van der Waals surface area contributed by atoms with Crippen molar-refractivity contribution in [1.29, 1.82) is 0 Å². The Kier molecular flexibility index (Phi) is 4.07. The van der Waals surface area contributed by atoms with Gasteiger partial charge in [-0.25, -0.2) is 0 Å². The zero-order valence-corrected chi connectivity index (χ0v) is 12.0. The molecule has 92 valence electrons. The minimum absolute atomic E-state index is 0.131. The van der Waals surface area contributed by atoms with Crippen LogP contribution in [0.5, 0.6) is 0 Å². The number of hydrogen-bond donors (Lipinski definition) is 1. The number of aromatic nitrogens is 2. The van der Waals surface area contributed by atoms with E-state index in [1.54, 1.807) is 11.3 Å². The minimum Gasteiger partial charge on any atom is -0.306 e. The second kappa shape index (κ2) is 4.80. The average molecular weight is 241 g/mol. The zero-order chi connectivity index (χ0) is 12.4. The van der Waals surface area contributed by atoms with Crippen LogP contribution in [0, 0.1) is 0 Å². The molecule has 0 saturated carbocycles. The summed E-state index contributed by atoms with van der Waals surface area (Å²) in [6, 6.07) is 0. The zero-order valence-electron chi connectivity index (χ0n) is 11.2. The van der Waals surface area contributed by atoms with Crippen molar-refractivity contribution >= 4 is 11.3 Å². The minimum atomic E-state index is 0.131. The topological polar surface area (TPSA) is 37.8 Å². The van der Waals surface area contributed by atoms with Gasteiger partial charge in [0, 0.05) is 11.0 Å². The normalized spacial score (nSPS) is 13.1. The molecule has 0 spiro atoms. The molecule has 0 bridgehead atoms. The first-order chi connectivity index (χ1) is 7.24. The van der Waals surface area contributed by atoms with Crippen LogP contribution >= 0.6 is 11.3 Å². The van der Waals surface area contributed by atoms with Gasteiger partial charge in [0.1, 0.15) is 10.0 Å². The highest BCUT2D eigenvalue weighted by Gasteiger charge is 2.23. The molecule has 0 saturated heterocycles. The highest BCUT2D eigenvalue weighted by atomic mass is 32.1. The molecule has 3 nitrogen and oxygen atoms in total. The van der Waals surface area contributed by atoms with E-state index in [1.807, 2.05) is 0 Å². The number of rotatable bonds is 4. The van der Waals surface area contributed by atoms with E-state index < -0.39 is 0 Å². The van der Waals surface area contributed by atoms with E-state index in [0.717, 1.165) is 23.0 Å². The van der Waals surface area contributed by atoms with Gasteiger partial charge in [0.15, 0.2) is 0 Å². The lowest BCUT2D eigenvalue weighted by molar-refractivity contribution is 0.423. The molecule has 0 aromatic carbocycles. The van der Waals surface area contributed by atoms with Crippen LogP contribution in [0.4, 0.5) is 0 Å². The van der Waals surface area contributed by atoms with Gasteiger partial charge in [0.2, 0.25) is 0 Å². The Morgan fingerprint density at radius 1 is 1.12 bits per heavy atom. The highest BCUT2D eigenvalue weighted by Crippen LogP contribution is 2.29. The predicted molar refractivity (Wildman–Crippen MR) is 69.8 cm³/mol. The Hall–Kier alpha value is -0.480. The van der Waals surface area contributed by atoms with Crippen molar-refractivity contribution in [3.63, 3.8) is 0 Å². The van der Waals surface area contributed by atoms with E-state index in [1.165, 1.54) is 0 Å². The molecule has 0 aliphatic heterocycles. The number of nitrogens with one attached hydrogen (secondary N) is 1. The van der Waals surface area contributed by atoms with Gasteiger partial charge >= 0.3 is 0 Å². The average Bonchev–Trinajstić information content (AvgIpc) is 2.62. The van der Waals surface area contributed by atoms with Crippen molar-refractivity contribution < 1.29 is 0 Å². The molecule has 16 heavy (non-hydrogen) atoms. The Labute approximate surface area is 103 Å². The standard InChI is InChI=1S/C12H23N3S/c1-7-12(5,6)10-15-14-9(16-10)8-13-11(2,3)4/h13H,7-8H2,1-6H3. The van der Waals surface area contributed by atoms with E-state index in [-0.39, 0.29) is 11.0 Å². The molecular formula is C12H23N3S. The lowest BCUT2D eigenvalue weighted by atomic mass is 9.91. The summed E-state index contributed by atoms with van der Waals surface area (Å²) in [7, 11) is 0. The van der Waals surface area contributed by atoms with Crippen LogP contribution in [0.1, 0.15) is 58.0 Å². The molecular weight excluding hydrogens is 218 g/mol. The molecule has 1 rings (SSSR count). The monoisotopic (exact) mass is 241 g/mol. The van der Waals surface area contributed by atoms with Crippen LogP contribution in [0.3, 0.4) is 0 Å². The van der Waals surface area contributed by atoms with Gasteiger partial charge < -0.3 is 5.32 Å². The fraction of sp³-hybridized carbons (Fsp3) is 0.833. The molecule has 1 aromatic rings. The van der Waals surface area contributed by atoms with Crippen LogP contribution < -0.4 is 5.32 Å². The third kappa shape index (κ3) is 3.83. The summed E-state index contributed by atoms with van der Waals surface area (Å²) in [5.74, 6) is 0. The van der Waals surface area contributed by atoms with Gasteiger partial charge in [-0.15, -0.1) is 10.2 Å². The molecule has 0 aliphatic carbocycles. The maximum absolute atomic E-state index is 4.29. The summed E-state index contributed by atoms with van der Waals surface area (Å²) in [4.78, 5) is 0. The highest BCUT2D eigenvalue weighted by molar-refractivity contribution is 7.11. The summed E-state index contributed by atoms with van der Waals surface area (Å²) >= 11 is 1.72. The van der Waals surface area contributed by atoms with E-state index in [2.05, 4.69) is 57.1 Å². The fourth-order valence-electron chi connectivity index (χ4n) is 1.09. The lowest BCUT2D eigenvalue weighted by Crippen LogP contribution is -2.35. The maximum Gasteiger partial charge on any atom is 0.131 e. The van der Waals surface area contributed by atoms with Crippen molar-refractivity contribution in [2.45, 2.75) is 65.5 Å². The van der Waals surface area contributed by atoms with E-state index in [0.29, 0.717) is 0 Å². The van der Waals surface area contributed by atoms with Crippen molar-refractivity contribution in [3.8, 4) is 0 Å². The second-order valence-corrected chi connectivity index (χ2v) is 6.90. The van der Waals surface area contributed by atoms with Crippen molar-refractivity contribution in [3.05, 3.63) is 10.0 Å². The number of nitrogens with zero attached hydrogens (tertiary/aromatic N) is 2. The molecule has 1 aromatic heterocycles. The Morgan fingerprint density at radius 3 is 2.25 bits per heavy atom. The largest absolute Gasteiger partial charge is 0.306 e. The first-order valence-corrected chi connectivity index (χ1v) is 6.64. The summed E-state index contributed by atoms with van der Waals surface area (Å²) in [5, 5.41) is 14.2. The summed E-state index contributed by atoms with van der Waals surface area (Å²) in [6.07, 6.45) is 1.09. The van der Waals surface area contributed by atoms with Gasteiger partial charge in [-0.3, -0.25) is 0 Å². The smallest absolute Gasteiger partial charge is 0.131 e. The van der Waals surface area contributed by atoms with Gasteiger partial charge in [-0.2, -0.15) is 0 Å².